The number of rotatable bonds is 10. The van der Waals surface area contributed by atoms with E-state index in [2.05, 4.69) is 20.8 Å². The number of nitrogens with zero attached hydrogens (tertiary/aromatic N) is 1. The van der Waals surface area contributed by atoms with Crippen molar-refractivity contribution >= 4 is 15.9 Å². The molecule has 0 bridgehead atoms. The molecule has 0 aliphatic heterocycles. The minimum absolute atomic E-state index is 0.435. The molecule has 114 valence electrons. The summed E-state index contributed by atoms with van der Waals surface area (Å²) in [4.78, 5) is 2.25. The molecular weight excluding hydrogens is 322 g/mol. The number of aliphatic hydroxyl groups excluding tert-OH is 1. The molecule has 0 aromatic heterocycles. The first-order valence-corrected chi connectivity index (χ1v) is 7.60. The van der Waals surface area contributed by atoms with Crippen molar-refractivity contribution in [2.75, 3.05) is 47.1 Å². The van der Waals surface area contributed by atoms with Crippen molar-refractivity contribution in [3.05, 3.63) is 34.3 Å². The van der Waals surface area contributed by atoms with E-state index in [0.717, 1.165) is 29.7 Å². The van der Waals surface area contributed by atoms with Crippen LogP contribution in [0.1, 0.15) is 18.1 Å². The summed E-state index contributed by atoms with van der Waals surface area (Å²) in [5.41, 5.74) is 0.951. The monoisotopic (exact) mass is 345 g/mol. The Kier molecular flexibility index (Phi) is 9.05. The molecule has 0 aliphatic rings. The average molecular weight is 346 g/mol. The lowest BCUT2D eigenvalue weighted by Crippen LogP contribution is -2.32. The van der Waals surface area contributed by atoms with E-state index >= 15 is 0 Å². The van der Waals surface area contributed by atoms with Crippen molar-refractivity contribution in [1.29, 1.82) is 0 Å². The highest BCUT2D eigenvalue weighted by Crippen LogP contribution is 2.19. The molecule has 1 N–H and O–H groups in total. The molecule has 1 aromatic rings. The molecule has 4 nitrogen and oxygen atoms in total. The number of hydrogen-bond donors (Lipinski definition) is 1. The van der Waals surface area contributed by atoms with E-state index in [1.807, 2.05) is 24.3 Å². The first-order chi connectivity index (χ1) is 9.67. The van der Waals surface area contributed by atoms with Gasteiger partial charge in [0.25, 0.3) is 0 Å². The Labute approximate surface area is 129 Å². The van der Waals surface area contributed by atoms with Crippen LogP contribution in [0.15, 0.2) is 28.7 Å². The fourth-order valence-electron chi connectivity index (χ4n) is 1.93. The molecule has 1 rings (SSSR count). The van der Waals surface area contributed by atoms with Gasteiger partial charge in [0.2, 0.25) is 0 Å². The molecule has 0 saturated heterocycles. The highest BCUT2D eigenvalue weighted by atomic mass is 79.9. The summed E-state index contributed by atoms with van der Waals surface area (Å²) in [5.74, 6) is 0. The molecular formula is C15H24BrNO3. The highest BCUT2D eigenvalue weighted by molar-refractivity contribution is 9.10. The molecule has 5 heteroatoms. The van der Waals surface area contributed by atoms with Gasteiger partial charge in [-0.15, -0.1) is 0 Å². The van der Waals surface area contributed by atoms with E-state index in [9.17, 15) is 5.11 Å². The standard InChI is InChI=1S/C15H24BrNO3/c1-19-11-9-17(10-12-20-2)8-7-15(18)13-3-5-14(16)6-4-13/h3-6,15,18H,7-12H2,1-2H3. The van der Waals surface area contributed by atoms with Crippen LogP contribution in [0.5, 0.6) is 0 Å². The number of benzene rings is 1. The maximum Gasteiger partial charge on any atom is 0.0802 e. The smallest absolute Gasteiger partial charge is 0.0802 e. The lowest BCUT2D eigenvalue weighted by molar-refractivity contribution is 0.0945. The first kappa shape index (κ1) is 17.6. The van der Waals surface area contributed by atoms with Crippen molar-refractivity contribution in [2.24, 2.45) is 0 Å². The van der Waals surface area contributed by atoms with Crippen molar-refractivity contribution in [3.8, 4) is 0 Å². The zero-order chi connectivity index (χ0) is 14.8. The largest absolute Gasteiger partial charge is 0.388 e. The molecule has 1 aromatic carbocycles. The van der Waals surface area contributed by atoms with E-state index in [4.69, 9.17) is 9.47 Å². The normalized spacial score (nSPS) is 12.8. The fourth-order valence-corrected chi connectivity index (χ4v) is 2.20. The van der Waals surface area contributed by atoms with Crippen LogP contribution in [-0.4, -0.2) is 57.1 Å². The Bertz CT molecular complexity index is 351. The zero-order valence-electron chi connectivity index (χ0n) is 12.2. The third-order valence-corrected chi connectivity index (χ3v) is 3.73. The van der Waals surface area contributed by atoms with Crippen LogP contribution < -0.4 is 0 Å². The second-order valence-corrected chi connectivity index (χ2v) is 5.60. The number of aliphatic hydroxyl groups is 1. The van der Waals surface area contributed by atoms with Crippen LogP contribution in [-0.2, 0) is 9.47 Å². The Morgan fingerprint density at radius 3 is 2.10 bits per heavy atom. The van der Waals surface area contributed by atoms with Crippen LogP contribution in [0.4, 0.5) is 0 Å². The Morgan fingerprint density at radius 1 is 1.05 bits per heavy atom. The summed E-state index contributed by atoms with van der Waals surface area (Å²) in [6.07, 6.45) is 0.269. The zero-order valence-corrected chi connectivity index (χ0v) is 13.8. The summed E-state index contributed by atoms with van der Waals surface area (Å²) in [6, 6.07) is 7.80. The van der Waals surface area contributed by atoms with Gasteiger partial charge in [0, 0.05) is 38.3 Å². The lowest BCUT2D eigenvalue weighted by atomic mass is 10.1. The Balaban J connectivity index is 2.41. The van der Waals surface area contributed by atoms with Crippen LogP contribution in [0.25, 0.3) is 0 Å². The van der Waals surface area contributed by atoms with E-state index in [0.29, 0.717) is 19.6 Å². The van der Waals surface area contributed by atoms with Gasteiger partial charge >= 0.3 is 0 Å². The van der Waals surface area contributed by atoms with Gasteiger partial charge in [0.05, 0.1) is 19.3 Å². The summed E-state index contributed by atoms with van der Waals surface area (Å²) >= 11 is 3.40. The lowest BCUT2D eigenvalue weighted by Gasteiger charge is -2.23. The van der Waals surface area contributed by atoms with Gasteiger partial charge in [-0.25, -0.2) is 0 Å². The topological polar surface area (TPSA) is 41.9 Å². The fraction of sp³-hybridized carbons (Fsp3) is 0.600. The second kappa shape index (κ2) is 10.3. The predicted octanol–water partition coefficient (Wildman–Crippen LogP) is 2.47. The average Bonchev–Trinajstić information content (AvgIpc) is 2.47. The third-order valence-electron chi connectivity index (χ3n) is 3.20. The molecule has 0 spiro atoms. The Morgan fingerprint density at radius 2 is 1.60 bits per heavy atom. The first-order valence-electron chi connectivity index (χ1n) is 6.81. The van der Waals surface area contributed by atoms with Crippen molar-refractivity contribution in [1.82, 2.24) is 4.90 Å². The van der Waals surface area contributed by atoms with Crippen LogP contribution in [0.3, 0.4) is 0 Å². The van der Waals surface area contributed by atoms with Gasteiger partial charge in [-0.05, 0) is 24.1 Å². The molecule has 0 heterocycles. The third kappa shape index (κ3) is 6.81. The van der Waals surface area contributed by atoms with E-state index in [1.165, 1.54) is 0 Å². The molecule has 20 heavy (non-hydrogen) atoms. The van der Waals surface area contributed by atoms with E-state index < -0.39 is 6.10 Å². The summed E-state index contributed by atoms with van der Waals surface area (Å²) < 4.78 is 11.2. The quantitative estimate of drug-likeness (QED) is 0.707. The van der Waals surface area contributed by atoms with Crippen molar-refractivity contribution in [2.45, 2.75) is 12.5 Å². The molecule has 1 unspecified atom stereocenters. The number of methoxy groups -OCH3 is 2. The molecule has 0 fully saturated rings. The maximum atomic E-state index is 10.2. The highest BCUT2D eigenvalue weighted by Gasteiger charge is 2.11. The van der Waals surface area contributed by atoms with Gasteiger partial charge in [-0.3, -0.25) is 4.90 Å². The minimum Gasteiger partial charge on any atom is -0.388 e. The minimum atomic E-state index is -0.435. The summed E-state index contributed by atoms with van der Waals surface area (Å²) in [6.45, 7) is 3.92. The number of hydrogen-bond acceptors (Lipinski definition) is 4. The van der Waals surface area contributed by atoms with Crippen LogP contribution in [0.2, 0.25) is 0 Å². The molecule has 1 atom stereocenters. The van der Waals surface area contributed by atoms with Crippen LogP contribution >= 0.6 is 15.9 Å². The SMILES string of the molecule is COCCN(CCOC)CCC(O)c1ccc(Br)cc1. The van der Waals surface area contributed by atoms with Crippen molar-refractivity contribution < 1.29 is 14.6 Å². The number of halogens is 1. The van der Waals surface area contributed by atoms with Gasteiger partial charge in [0.15, 0.2) is 0 Å². The van der Waals surface area contributed by atoms with Gasteiger partial charge in [-0.1, -0.05) is 28.1 Å². The molecule has 0 aliphatic carbocycles. The van der Waals surface area contributed by atoms with Crippen molar-refractivity contribution in [3.63, 3.8) is 0 Å². The van der Waals surface area contributed by atoms with Gasteiger partial charge in [0.1, 0.15) is 0 Å². The molecule has 0 radical (unpaired) electrons. The number of ether oxygens (including phenoxy) is 2. The van der Waals surface area contributed by atoms with E-state index in [-0.39, 0.29) is 0 Å². The maximum absolute atomic E-state index is 10.2. The Hall–Kier alpha value is -0.460. The summed E-state index contributed by atoms with van der Waals surface area (Å²) in [5, 5.41) is 10.2. The van der Waals surface area contributed by atoms with E-state index in [1.54, 1.807) is 14.2 Å². The van der Waals surface area contributed by atoms with Gasteiger partial charge < -0.3 is 14.6 Å². The predicted molar refractivity (Wildman–Crippen MR) is 83.9 cm³/mol. The van der Waals surface area contributed by atoms with Gasteiger partial charge in [-0.2, -0.15) is 0 Å². The van der Waals surface area contributed by atoms with Crippen LogP contribution in [0, 0.1) is 0 Å². The second-order valence-electron chi connectivity index (χ2n) is 4.68. The molecule has 0 saturated carbocycles. The molecule has 0 amide bonds. The summed E-state index contributed by atoms with van der Waals surface area (Å²) in [7, 11) is 3.40.